The molecule has 0 amide bonds. The van der Waals surface area contributed by atoms with Crippen LogP contribution >= 0.6 is 23.2 Å². The SMILES string of the molecule is OCC(F)(F)C(F)(F)C(F)(F)C(Cl)C(F)(F)Cl. The Balaban J connectivity index is 5.45. The summed E-state index contributed by atoms with van der Waals surface area (Å²) in [5, 5.41) is -1.27. The Morgan fingerprint density at radius 1 is 0.941 bits per heavy atom. The van der Waals surface area contributed by atoms with Crippen LogP contribution in [0.3, 0.4) is 0 Å². The molecule has 0 spiro atoms. The molecule has 104 valence electrons. The third-order valence-electron chi connectivity index (χ3n) is 1.68. The molecular formula is C6H4Cl2F8O. The normalized spacial score (nSPS) is 17.1. The highest BCUT2D eigenvalue weighted by molar-refractivity contribution is 6.31. The highest BCUT2D eigenvalue weighted by atomic mass is 35.5. The van der Waals surface area contributed by atoms with Gasteiger partial charge >= 0.3 is 23.1 Å². The Labute approximate surface area is 99.3 Å². The van der Waals surface area contributed by atoms with Crippen LogP contribution in [0.1, 0.15) is 0 Å². The summed E-state index contributed by atoms with van der Waals surface area (Å²) in [4.78, 5) is 0. The zero-order valence-electron chi connectivity index (χ0n) is 7.51. The fourth-order valence-corrected chi connectivity index (χ4v) is 0.982. The predicted octanol–water partition coefficient (Wildman–Crippen LogP) is 3.32. The van der Waals surface area contributed by atoms with Crippen LogP contribution in [0.5, 0.6) is 0 Å². The molecule has 0 aliphatic heterocycles. The van der Waals surface area contributed by atoms with Crippen LogP contribution < -0.4 is 0 Å². The molecule has 0 fully saturated rings. The van der Waals surface area contributed by atoms with Gasteiger partial charge in [-0.2, -0.15) is 35.1 Å². The van der Waals surface area contributed by atoms with E-state index in [-0.39, 0.29) is 0 Å². The molecular weight excluding hydrogens is 311 g/mol. The fourth-order valence-electron chi connectivity index (χ4n) is 0.708. The molecule has 0 saturated carbocycles. The first-order chi connectivity index (χ1) is 7.22. The minimum absolute atomic E-state index is 2.67. The van der Waals surface area contributed by atoms with Gasteiger partial charge in [-0.15, -0.1) is 11.6 Å². The van der Waals surface area contributed by atoms with Crippen molar-refractivity contribution in [2.45, 2.75) is 28.5 Å². The zero-order valence-corrected chi connectivity index (χ0v) is 9.02. The Morgan fingerprint density at radius 2 is 1.29 bits per heavy atom. The largest absolute Gasteiger partial charge is 0.390 e. The molecule has 0 aromatic heterocycles. The van der Waals surface area contributed by atoms with Gasteiger partial charge in [0.15, 0.2) is 5.38 Å². The summed E-state index contributed by atoms with van der Waals surface area (Å²) in [6, 6.07) is 0. The number of rotatable bonds is 5. The number of hydrogen-bond donors (Lipinski definition) is 1. The third kappa shape index (κ3) is 2.87. The first-order valence-electron chi connectivity index (χ1n) is 3.67. The number of hydrogen-bond acceptors (Lipinski definition) is 1. The molecule has 1 unspecified atom stereocenters. The van der Waals surface area contributed by atoms with E-state index in [1.54, 1.807) is 0 Å². The number of alkyl halides is 10. The molecule has 1 N–H and O–H groups in total. The quantitative estimate of drug-likeness (QED) is 0.609. The molecule has 0 aromatic rings. The number of aliphatic hydroxyl groups is 1. The molecule has 0 saturated heterocycles. The molecule has 1 atom stereocenters. The van der Waals surface area contributed by atoms with Crippen LogP contribution in [0.4, 0.5) is 35.1 Å². The Kier molecular flexibility index (Phi) is 4.58. The van der Waals surface area contributed by atoms with E-state index >= 15 is 0 Å². The van der Waals surface area contributed by atoms with Crippen LogP contribution in [0.15, 0.2) is 0 Å². The van der Waals surface area contributed by atoms with Gasteiger partial charge in [0.1, 0.15) is 6.61 Å². The lowest BCUT2D eigenvalue weighted by Crippen LogP contribution is -2.62. The maximum Gasteiger partial charge on any atom is 0.376 e. The molecule has 0 heterocycles. The van der Waals surface area contributed by atoms with Gasteiger partial charge < -0.3 is 5.11 Å². The van der Waals surface area contributed by atoms with E-state index in [2.05, 4.69) is 23.2 Å². The van der Waals surface area contributed by atoms with E-state index < -0.39 is 35.1 Å². The van der Waals surface area contributed by atoms with E-state index in [0.29, 0.717) is 0 Å². The minimum atomic E-state index is -6.29. The predicted molar refractivity (Wildman–Crippen MR) is 42.4 cm³/mol. The summed E-state index contributed by atoms with van der Waals surface area (Å²) in [5.41, 5.74) is 0. The van der Waals surface area contributed by atoms with Gasteiger partial charge in [-0.3, -0.25) is 0 Å². The molecule has 0 aromatic carbocycles. The monoisotopic (exact) mass is 314 g/mol. The van der Waals surface area contributed by atoms with E-state index in [9.17, 15) is 35.1 Å². The first-order valence-corrected chi connectivity index (χ1v) is 4.48. The van der Waals surface area contributed by atoms with Crippen molar-refractivity contribution in [2.24, 2.45) is 0 Å². The van der Waals surface area contributed by atoms with Crippen molar-refractivity contribution in [1.29, 1.82) is 0 Å². The second-order valence-electron chi connectivity index (χ2n) is 2.96. The highest BCUT2D eigenvalue weighted by Gasteiger charge is 2.76. The number of halogens is 10. The van der Waals surface area contributed by atoms with Gasteiger partial charge in [-0.05, 0) is 11.6 Å². The van der Waals surface area contributed by atoms with Crippen LogP contribution in [0.25, 0.3) is 0 Å². The molecule has 0 rings (SSSR count). The summed E-state index contributed by atoms with van der Waals surface area (Å²) in [6.45, 7) is -2.67. The third-order valence-corrected chi connectivity index (χ3v) is 2.56. The van der Waals surface area contributed by atoms with E-state index in [1.165, 1.54) is 0 Å². The Bertz CT molecular complexity index is 276. The van der Waals surface area contributed by atoms with E-state index in [1.807, 2.05) is 0 Å². The summed E-state index contributed by atoms with van der Waals surface area (Å²) in [5.74, 6) is -18.0. The van der Waals surface area contributed by atoms with Gasteiger partial charge in [0.25, 0.3) is 0 Å². The standard InChI is InChI=1S/C6H4Cl2F8O/c7-2(5(8,13)14)4(11,12)6(15,16)3(9,10)1-17/h2,17H,1H2. The van der Waals surface area contributed by atoms with Crippen molar-refractivity contribution in [2.75, 3.05) is 6.61 Å². The van der Waals surface area contributed by atoms with Crippen LogP contribution in [-0.4, -0.2) is 40.2 Å². The molecule has 17 heavy (non-hydrogen) atoms. The van der Waals surface area contributed by atoms with Crippen molar-refractivity contribution in [3.63, 3.8) is 0 Å². The van der Waals surface area contributed by atoms with E-state index in [0.717, 1.165) is 0 Å². The van der Waals surface area contributed by atoms with Crippen molar-refractivity contribution in [3.05, 3.63) is 0 Å². The van der Waals surface area contributed by atoms with Crippen molar-refractivity contribution < 1.29 is 40.2 Å². The van der Waals surface area contributed by atoms with E-state index in [4.69, 9.17) is 5.11 Å². The second-order valence-corrected chi connectivity index (χ2v) is 3.90. The van der Waals surface area contributed by atoms with Gasteiger partial charge in [-0.25, -0.2) is 0 Å². The first kappa shape index (κ1) is 17.0. The van der Waals surface area contributed by atoms with Gasteiger partial charge in [0, 0.05) is 0 Å². The average Bonchev–Trinajstić information content (AvgIpc) is 2.14. The summed E-state index contributed by atoms with van der Waals surface area (Å²) in [7, 11) is 0. The van der Waals surface area contributed by atoms with Crippen molar-refractivity contribution in [1.82, 2.24) is 0 Å². The molecule has 0 aliphatic carbocycles. The molecule has 11 heteroatoms. The minimum Gasteiger partial charge on any atom is -0.390 e. The second kappa shape index (κ2) is 4.58. The molecule has 0 aliphatic rings. The van der Waals surface area contributed by atoms with Crippen LogP contribution in [0.2, 0.25) is 0 Å². The lowest BCUT2D eigenvalue weighted by atomic mass is 10.0. The van der Waals surface area contributed by atoms with Crippen molar-refractivity contribution in [3.8, 4) is 0 Å². The zero-order chi connectivity index (χ0) is 14.3. The molecule has 1 nitrogen and oxygen atoms in total. The van der Waals surface area contributed by atoms with Gasteiger partial charge in [0.05, 0.1) is 0 Å². The lowest BCUT2D eigenvalue weighted by Gasteiger charge is -2.35. The summed E-state index contributed by atoms with van der Waals surface area (Å²) in [6.07, 6.45) is 0. The fraction of sp³-hybridized carbons (Fsp3) is 1.00. The van der Waals surface area contributed by atoms with Gasteiger partial charge in [0.2, 0.25) is 0 Å². The van der Waals surface area contributed by atoms with Crippen molar-refractivity contribution >= 4 is 23.2 Å². The average molecular weight is 315 g/mol. The summed E-state index contributed by atoms with van der Waals surface area (Å²) >= 11 is 8.25. The maximum absolute atomic E-state index is 12.7. The van der Waals surface area contributed by atoms with Crippen LogP contribution in [0, 0.1) is 0 Å². The smallest absolute Gasteiger partial charge is 0.376 e. The maximum atomic E-state index is 12.7. The van der Waals surface area contributed by atoms with Gasteiger partial charge in [-0.1, -0.05) is 0 Å². The highest BCUT2D eigenvalue weighted by Crippen LogP contribution is 2.52. The molecule has 0 bridgehead atoms. The van der Waals surface area contributed by atoms with Crippen LogP contribution in [-0.2, 0) is 0 Å². The Hall–Kier alpha value is -0.0200. The summed E-state index contributed by atoms with van der Waals surface area (Å²) < 4.78 is 99.7. The topological polar surface area (TPSA) is 20.2 Å². The lowest BCUT2D eigenvalue weighted by molar-refractivity contribution is -0.322. The Morgan fingerprint density at radius 3 is 1.53 bits per heavy atom. The number of aliphatic hydroxyl groups excluding tert-OH is 1. The molecule has 0 radical (unpaired) electrons.